The lowest BCUT2D eigenvalue weighted by molar-refractivity contribution is -0.384. The second kappa shape index (κ2) is 6.19. The van der Waals surface area contributed by atoms with Crippen LogP contribution in [0.1, 0.15) is 23.2 Å². The minimum atomic E-state index is -0.621. The highest BCUT2D eigenvalue weighted by Gasteiger charge is 2.23. The summed E-state index contributed by atoms with van der Waals surface area (Å²) in [4.78, 5) is 24.2. The first kappa shape index (κ1) is 14.7. The second-order valence-corrected chi connectivity index (χ2v) is 5.21. The topological polar surface area (TPSA) is 72.7 Å². The van der Waals surface area contributed by atoms with Gasteiger partial charge < -0.3 is 9.64 Å². The first-order valence-corrected chi connectivity index (χ1v) is 6.68. The fraction of sp³-hybridized carbons (Fsp3) is 0.462. The summed E-state index contributed by atoms with van der Waals surface area (Å²) >= 11 is 5.70. The van der Waals surface area contributed by atoms with Crippen molar-refractivity contribution in [2.45, 2.75) is 18.9 Å². The highest BCUT2D eigenvalue weighted by atomic mass is 35.5. The van der Waals surface area contributed by atoms with E-state index in [2.05, 4.69) is 4.90 Å². The lowest BCUT2D eigenvalue weighted by Gasteiger charge is -2.18. The molecule has 1 heterocycles. The predicted molar refractivity (Wildman–Crippen MR) is 74.0 cm³/mol. The first-order chi connectivity index (χ1) is 9.49. The molecular formula is C13H15ClN2O4. The molecule has 0 aromatic heterocycles. The van der Waals surface area contributed by atoms with E-state index in [1.54, 1.807) is 0 Å². The largest absolute Gasteiger partial charge is 0.460 e. The van der Waals surface area contributed by atoms with Crippen molar-refractivity contribution >= 4 is 23.3 Å². The number of likely N-dealkylation sites (tertiary alicyclic amines) is 1. The average Bonchev–Trinajstić information content (AvgIpc) is 2.81. The van der Waals surface area contributed by atoms with Gasteiger partial charge >= 0.3 is 5.97 Å². The van der Waals surface area contributed by atoms with Crippen molar-refractivity contribution in [1.29, 1.82) is 0 Å². The van der Waals surface area contributed by atoms with E-state index in [1.807, 2.05) is 7.05 Å². The van der Waals surface area contributed by atoms with E-state index in [1.165, 1.54) is 12.1 Å². The smallest absolute Gasteiger partial charge is 0.338 e. The zero-order chi connectivity index (χ0) is 14.7. The monoisotopic (exact) mass is 298 g/mol. The Balaban J connectivity index is 2.02. The van der Waals surface area contributed by atoms with Gasteiger partial charge in [-0.2, -0.15) is 0 Å². The molecule has 0 aliphatic carbocycles. The number of ether oxygens (including phenoxy) is 1. The number of esters is 1. The molecule has 1 aliphatic heterocycles. The van der Waals surface area contributed by atoms with Crippen LogP contribution < -0.4 is 0 Å². The van der Waals surface area contributed by atoms with Gasteiger partial charge in [-0.1, -0.05) is 11.6 Å². The molecule has 1 atom stereocenters. The van der Waals surface area contributed by atoms with Crippen LogP contribution in [0.2, 0.25) is 5.02 Å². The van der Waals surface area contributed by atoms with Crippen molar-refractivity contribution < 1.29 is 14.5 Å². The third-order valence-electron chi connectivity index (χ3n) is 3.46. The zero-order valence-corrected chi connectivity index (χ0v) is 11.8. The molecule has 0 saturated carbocycles. The molecular weight excluding hydrogens is 284 g/mol. The molecule has 7 heteroatoms. The summed E-state index contributed by atoms with van der Waals surface area (Å²) in [5.41, 5.74) is -0.152. The number of halogens is 1. The van der Waals surface area contributed by atoms with Crippen LogP contribution >= 0.6 is 11.6 Å². The summed E-state index contributed by atoms with van der Waals surface area (Å²) in [7, 11) is 1.98. The van der Waals surface area contributed by atoms with Crippen LogP contribution in [0, 0.1) is 10.1 Å². The van der Waals surface area contributed by atoms with Gasteiger partial charge in [0.15, 0.2) is 0 Å². The fourth-order valence-electron chi connectivity index (χ4n) is 2.22. The summed E-state index contributed by atoms with van der Waals surface area (Å²) < 4.78 is 5.21. The molecule has 1 fully saturated rings. The van der Waals surface area contributed by atoms with Crippen LogP contribution in [0.15, 0.2) is 18.2 Å². The quantitative estimate of drug-likeness (QED) is 0.485. The molecule has 1 aliphatic rings. The Morgan fingerprint density at radius 2 is 2.35 bits per heavy atom. The summed E-state index contributed by atoms with van der Waals surface area (Å²) in [6.07, 6.45) is 2.08. The van der Waals surface area contributed by atoms with Crippen molar-refractivity contribution in [1.82, 2.24) is 4.90 Å². The van der Waals surface area contributed by atoms with Crippen LogP contribution in [-0.2, 0) is 4.74 Å². The summed E-state index contributed by atoms with van der Waals surface area (Å²) in [5.74, 6) is -0.565. The number of rotatable bonds is 4. The summed E-state index contributed by atoms with van der Waals surface area (Å²) in [6, 6.07) is 4.12. The molecule has 20 heavy (non-hydrogen) atoms. The standard InChI is InChI=1S/C13H15ClN2O4/c1-15-6-2-3-10(15)8-20-13(17)9-4-5-11(14)12(7-9)16(18)19/h4-5,7,10H,2-3,6,8H2,1H3. The number of benzene rings is 1. The van der Waals surface area contributed by atoms with E-state index < -0.39 is 10.9 Å². The Morgan fingerprint density at radius 1 is 1.60 bits per heavy atom. The summed E-state index contributed by atoms with van der Waals surface area (Å²) in [5, 5.41) is 10.8. The van der Waals surface area contributed by atoms with E-state index in [4.69, 9.17) is 16.3 Å². The van der Waals surface area contributed by atoms with Gasteiger partial charge in [-0.15, -0.1) is 0 Å². The molecule has 108 valence electrons. The number of likely N-dealkylation sites (N-methyl/N-ethyl adjacent to an activating group) is 1. The Bertz CT molecular complexity index is 535. The number of nitrogens with zero attached hydrogens (tertiary/aromatic N) is 2. The van der Waals surface area contributed by atoms with Crippen LogP contribution in [-0.4, -0.2) is 42.0 Å². The number of carbonyl (C=O) groups excluding carboxylic acids is 1. The van der Waals surface area contributed by atoms with Crippen molar-refractivity contribution in [3.8, 4) is 0 Å². The lowest BCUT2D eigenvalue weighted by Crippen LogP contribution is -2.30. The third kappa shape index (κ3) is 3.26. The van der Waals surface area contributed by atoms with E-state index in [-0.39, 0.29) is 22.3 Å². The highest BCUT2D eigenvalue weighted by Crippen LogP contribution is 2.25. The number of nitro benzene ring substituents is 1. The first-order valence-electron chi connectivity index (χ1n) is 6.30. The van der Waals surface area contributed by atoms with Gasteiger partial charge in [0.25, 0.3) is 5.69 Å². The summed E-state index contributed by atoms with van der Waals surface area (Å²) in [6.45, 7) is 1.29. The molecule has 0 N–H and O–H groups in total. The maximum atomic E-state index is 11.9. The maximum absolute atomic E-state index is 11.9. The van der Waals surface area contributed by atoms with Gasteiger partial charge in [-0.25, -0.2) is 4.79 Å². The molecule has 0 bridgehead atoms. The van der Waals surface area contributed by atoms with Gasteiger partial charge in [-0.3, -0.25) is 10.1 Å². The highest BCUT2D eigenvalue weighted by molar-refractivity contribution is 6.32. The zero-order valence-electron chi connectivity index (χ0n) is 11.0. The molecule has 0 radical (unpaired) electrons. The van der Waals surface area contributed by atoms with Gasteiger partial charge in [0.2, 0.25) is 0 Å². The molecule has 0 amide bonds. The van der Waals surface area contributed by atoms with Crippen LogP contribution in [0.3, 0.4) is 0 Å². The van der Waals surface area contributed by atoms with Crippen LogP contribution in [0.5, 0.6) is 0 Å². The van der Waals surface area contributed by atoms with E-state index >= 15 is 0 Å². The Kier molecular flexibility index (Phi) is 4.57. The fourth-order valence-corrected chi connectivity index (χ4v) is 2.41. The van der Waals surface area contributed by atoms with Gasteiger partial charge in [0.1, 0.15) is 11.6 Å². The molecule has 1 aromatic rings. The molecule has 6 nitrogen and oxygen atoms in total. The van der Waals surface area contributed by atoms with Crippen molar-refractivity contribution in [2.24, 2.45) is 0 Å². The van der Waals surface area contributed by atoms with Crippen molar-refractivity contribution in [3.05, 3.63) is 38.9 Å². The predicted octanol–water partition coefficient (Wildman–Crippen LogP) is 2.50. The minimum Gasteiger partial charge on any atom is -0.460 e. The van der Waals surface area contributed by atoms with Gasteiger partial charge in [0, 0.05) is 12.1 Å². The number of carbonyl (C=O) groups is 1. The number of hydrogen-bond acceptors (Lipinski definition) is 5. The van der Waals surface area contributed by atoms with E-state index in [9.17, 15) is 14.9 Å². The van der Waals surface area contributed by atoms with Crippen molar-refractivity contribution in [2.75, 3.05) is 20.2 Å². The number of hydrogen-bond donors (Lipinski definition) is 0. The average molecular weight is 299 g/mol. The van der Waals surface area contributed by atoms with E-state index in [0.29, 0.717) is 6.61 Å². The maximum Gasteiger partial charge on any atom is 0.338 e. The van der Waals surface area contributed by atoms with E-state index in [0.717, 1.165) is 25.5 Å². The molecule has 1 unspecified atom stereocenters. The third-order valence-corrected chi connectivity index (χ3v) is 3.78. The molecule has 2 rings (SSSR count). The van der Waals surface area contributed by atoms with Crippen LogP contribution in [0.4, 0.5) is 5.69 Å². The Labute approximate surface area is 121 Å². The molecule has 1 aromatic carbocycles. The Morgan fingerprint density at radius 3 is 2.95 bits per heavy atom. The van der Waals surface area contributed by atoms with Crippen LogP contribution in [0.25, 0.3) is 0 Å². The molecule has 0 spiro atoms. The van der Waals surface area contributed by atoms with Gasteiger partial charge in [-0.05, 0) is 38.6 Å². The number of nitro groups is 1. The SMILES string of the molecule is CN1CCCC1COC(=O)c1ccc(Cl)c([N+](=O)[O-])c1. The van der Waals surface area contributed by atoms with Crippen molar-refractivity contribution in [3.63, 3.8) is 0 Å². The minimum absolute atomic E-state index is 0.00192. The van der Waals surface area contributed by atoms with Gasteiger partial charge in [0.05, 0.1) is 10.5 Å². The molecule has 1 saturated heterocycles. The lowest BCUT2D eigenvalue weighted by atomic mass is 10.2. The second-order valence-electron chi connectivity index (χ2n) is 4.80. The normalized spacial score (nSPS) is 19.0. The Hall–Kier alpha value is -1.66.